The van der Waals surface area contributed by atoms with Crippen molar-refractivity contribution in [2.24, 2.45) is 0 Å². The molecule has 0 saturated carbocycles. The van der Waals surface area contributed by atoms with Crippen molar-refractivity contribution in [1.29, 1.82) is 0 Å². The molecule has 0 aromatic heterocycles. The van der Waals surface area contributed by atoms with E-state index < -0.39 is 0 Å². The third-order valence-corrected chi connectivity index (χ3v) is 6.68. The maximum absolute atomic E-state index is 13.2. The second kappa shape index (κ2) is 8.56. The fourth-order valence-corrected chi connectivity index (χ4v) is 4.83. The second-order valence-electron chi connectivity index (χ2n) is 7.61. The highest BCUT2D eigenvalue weighted by atomic mass is 32.2. The molecule has 1 aliphatic carbocycles. The first-order valence-electron chi connectivity index (χ1n) is 9.96. The number of nitrogens with one attached hydrogen (secondary N) is 1. The van der Waals surface area contributed by atoms with Crippen LogP contribution in [0, 0.1) is 0 Å². The summed E-state index contributed by atoms with van der Waals surface area (Å²) >= 11 is 1.67. The minimum absolute atomic E-state index is 0.00558. The molecular formula is C24H25NO4S. The maximum Gasteiger partial charge on any atom is 0.225 e. The first kappa shape index (κ1) is 20.5. The molecule has 30 heavy (non-hydrogen) atoms. The molecular weight excluding hydrogens is 398 g/mol. The van der Waals surface area contributed by atoms with Crippen molar-refractivity contribution in [3.63, 3.8) is 0 Å². The fraction of sp³-hybridized carbons (Fsp3) is 0.333. The summed E-state index contributed by atoms with van der Waals surface area (Å²) in [6.45, 7) is 0. The number of methoxy groups -OCH3 is 2. The van der Waals surface area contributed by atoms with E-state index in [0.717, 1.165) is 27.3 Å². The number of rotatable bonds is 5. The Morgan fingerprint density at radius 2 is 1.60 bits per heavy atom. The molecule has 0 saturated heterocycles. The Morgan fingerprint density at radius 1 is 0.900 bits per heavy atom. The molecule has 0 fully saturated rings. The van der Waals surface area contributed by atoms with Gasteiger partial charge in [-0.05, 0) is 54.0 Å². The van der Waals surface area contributed by atoms with Gasteiger partial charge in [0.2, 0.25) is 5.91 Å². The largest absolute Gasteiger partial charge is 0.493 e. The van der Waals surface area contributed by atoms with Crippen molar-refractivity contribution >= 4 is 23.5 Å². The van der Waals surface area contributed by atoms with Crippen LogP contribution in [0.2, 0.25) is 0 Å². The van der Waals surface area contributed by atoms with Crippen LogP contribution >= 0.6 is 11.8 Å². The van der Waals surface area contributed by atoms with E-state index >= 15 is 0 Å². The Kier molecular flexibility index (Phi) is 5.86. The summed E-state index contributed by atoms with van der Waals surface area (Å²) in [5.74, 6) is 1.19. The molecule has 6 heteroatoms. The Balaban J connectivity index is 1.67. The van der Waals surface area contributed by atoms with Crippen LogP contribution in [-0.4, -0.2) is 32.2 Å². The van der Waals surface area contributed by atoms with Crippen LogP contribution in [0.5, 0.6) is 11.5 Å². The Bertz CT molecular complexity index is 1010. The highest BCUT2D eigenvalue weighted by Gasteiger charge is 2.38. The average Bonchev–Trinajstić information content (AvgIpc) is 2.77. The number of Topliss-reactive ketones (excluding diaryl/α,β-unsaturated/α-hetero) is 1. The van der Waals surface area contributed by atoms with E-state index in [9.17, 15) is 9.59 Å². The molecule has 2 aromatic carbocycles. The zero-order valence-electron chi connectivity index (χ0n) is 17.4. The molecule has 0 bridgehead atoms. The predicted octanol–water partition coefficient (Wildman–Crippen LogP) is 4.43. The standard InChI is InChI=1S/C24H25NO4S/c1-28-21-9-6-15(12-22(21)29-2)16-10-19-24(20(26)11-16)18(13-23(27)25-19)14-4-7-17(30-3)8-5-14/h4-9,12,16,18H,10-11,13H2,1-3H3,(H,25,27)/t16-,18+/m0/s1. The van der Waals surface area contributed by atoms with Crippen LogP contribution in [0.25, 0.3) is 0 Å². The number of thioether (sulfide) groups is 1. The summed E-state index contributed by atoms with van der Waals surface area (Å²) in [5, 5.41) is 2.98. The molecule has 1 N–H and O–H groups in total. The van der Waals surface area contributed by atoms with Crippen molar-refractivity contribution in [2.75, 3.05) is 20.5 Å². The van der Waals surface area contributed by atoms with Gasteiger partial charge in [-0.15, -0.1) is 11.8 Å². The molecule has 0 unspecified atom stereocenters. The third-order valence-electron chi connectivity index (χ3n) is 5.93. The number of carbonyl (C=O) groups is 2. The molecule has 0 radical (unpaired) electrons. The van der Waals surface area contributed by atoms with Crippen molar-refractivity contribution < 1.29 is 19.1 Å². The van der Waals surface area contributed by atoms with E-state index in [2.05, 4.69) is 5.32 Å². The number of carbonyl (C=O) groups excluding carboxylic acids is 2. The van der Waals surface area contributed by atoms with Gasteiger partial charge in [0.25, 0.3) is 0 Å². The van der Waals surface area contributed by atoms with Crippen LogP contribution in [0.3, 0.4) is 0 Å². The molecule has 0 spiro atoms. The summed E-state index contributed by atoms with van der Waals surface area (Å²) < 4.78 is 10.7. The monoisotopic (exact) mass is 423 g/mol. The second-order valence-corrected chi connectivity index (χ2v) is 8.49. The summed E-state index contributed by atoms with van der Waals surface area (Å²) in [4.78, 5) is 26.9. The SMILES string of the molecule is COc1ccc([C@@H]2CC(=O)C3=C(C2)NC(=O)C[C@@H]3c2ccc(SC)cc2)cc1OC. The Labute approximate surface area is 180 Å². The molecule has 1 amide bonds. The van der Waals surface area contributed by atoms with Gasteiger partial charge < -0.3 is 14.8 Å². The van der Waals surface area contributed by atoms with Crippen LogP contribution < -0.4 is 14.8 Å². The normalized spacial score (nSPS) is 21.2. The lowest BCUT2D eigenvalue weighted by molar-refractivity contribution is -0.122. The van der Waals surface area contributed by atoms with Gasteiger partial charge in [0.05, 0.1) is 14.2 Å². The molecule has 5 nitrogen and oxygen atoms in total. The van der Waals surface area contributed by atoms with Gasteiger partial charge in [0.15, 0.2) is 17.3 Å². The molecule has 1 heterocycles. The number of ketones is 1. The summed E-state index contributed by atoms with van der Waals surface area (Å²) in [7, 11) is 3.20. The summed E-state index contributed by atoms with van der Waals surface area (Å²) in [5.41, 5.74) is 3.56. The lowest BCUT2D eigenvalue weighted by atomic mass is 9.73. The molecule has 156 valence electrons. The number of hydrogen-bond acceptors (Lipinski definition) is 5. The molecule has 2 aromatic rings. The number of allylic oxidation sites excluding steroid dienone is 2. The number of benzene rings is 2. The number of hydrogen-bond donors (Lipinski definition) is 1. The highest BCUT2D eigenvalue weighted by Crippen LogP contribution is 2.43. The van der Waals surface area contributed by atoms with Gasteiger partial charge in [-0.1, -0.05) is 18.2 Å². The van der Waals surface area contributed by atoms with Gasteiger partial charge in [0.1, 0.15) is 0 Å². The Hall–Kier alpha value is -2.73. The van der Waals surface area contributed by atoms with Gasteiger partial charge in [0, 0.05) is 34.9 Å². The topological polar surface area (TPSA) is 64.6 Å². The lowest BCUT2D eigenvalue weighted by Crippen LogP contribution is -2.38. The Morgan fingerprint density at radius 3 is 2.27 bits per heavy atom. The van der Waals surface area contributed by atoms with E-state index in [-0.39, 0.29) is 23.5 Å². The van der Waals surface area contributed by atoms with Crippen molar-refractivity contribution in [3.05, 3.63) is 64.9 Å². The lowest BCUT2D eigenvalue weighted by Gasteiger charge is -2.34. The minimum atomic E-state index is -0.177. The van der Waals surface area contributed by atoms with Gasteiger partial charge in [-0.2, -0.15) is 0 Å². The minimum Gasteiger partial charge on any atom is -0.493 e. The van der Waals surface area contributed by atoms with E-state index in [1.54, 1.807) is 26.0 Å². The first-order chi connectivity index (χ1) is 14.5. The van der Waals surface area contributed by atoms with Crippen LogP contribution in [0.15, 0.2) is 58.6 Å². The van der Waals surface area contributed by atoms with Crippen LogP contribution in [0.1, 0.15) is 42.2 Å². The van der Waals surface area contributed by atoms with Crippen molar-refractivity contribution in [1.82, 2.24) is 5.32 Å². The fourth-order valence-electron chi connectivity index (χ4n) is 4.42. The molecule has 4 rings (SSSR count). The van der Waals surface area contributed by atoms with Gasteiger partial charge in [-0.3, -0.25) is 9.59 Å². The maximum atomic E-state index is 13.2. The smallest absolute Gasteiger partial charge is 0.225 e. The zero-order chi connectivity index (χ0) is 21.3. The van der Waals surface area contributed by atoms with Gasteiger partial charge >= 0.3 is 0 Å². The molecule has 2 aliphatic rings. The highest BCUT2D eigenvalue weighted by molar-refractivity contribution is 7.98. The first-order valence-corrected chi connectivity index (χ1v) is 11.2. The van der Waals surface area contributed by atoms with Gasteiger partial charge in [-0.25, -0.2) is 0 Å². The predicted molar refractivity (Wildman–Crippen MR) is 117 cm³/mol. The summed E-state index contributed by atoms with van der Waals surface area (Å²) in [6.07, 6.45) is 3.39. The number of ether oxygens (including phenoxy) is 2. The van der Waals surface area contributed by atoms with Crippen LogP contribution in [-0.2, 0) is 9.59 Å². The average molecular weight is 424 g/mol. The van der Waals surface area contributed by atoms with E-state index in [1.165, 1.54) is 0 Å². The molecule has 2 atom stereocenters. The van der Waals surface area contributed by atoms with Crippen molar-refractivity contribution in [3.8, 4) is 11.5 Å². The molecule has 1 aliphatic heterocycles. The third kappa shape index (κ3) is 3.84. The van der Waals surface area contributed by atoms with E-state index in [1.807, 2.05) is 48.7 Å². The van der Waals surface area contributed by atoms with E-state index in [4.69, 9.17) is 9.47 Å². The number of amides is 1. The van der Waals surface area contributed by atoms with E-state index in [0.29, 0.717) is 30.8 Å². The van der Waals surface area contributed by atoms with Crippen molar-refractivity contribution in [2.45, 2.75) is 36.0 Å². The quantitative estimate of drug-likeness (QED) is 0.721. The summed E-state index contributed by atoms with van der Waals surface area (Å²) in [6, 6.07) is 13.9. The zero-order valence-corrected chi connectivity index (χ0v) is 18.2. The van der Waals surface area contributed by atoms with Crippen LogP contribution in [0.4, 0.5) is 0 Å².